The molecule has 4 amide bonds. The first kappa shape index (κ1) is 40.3. The van der Waals surface area contributed by atoms with E-state index in [4.69, 9.17) is 0 Å². The number of aromatic amines is 1. The fourth-order valence-electron chi connectivity index (χ4n) is 7.49. The second-order valence-corrected chi connectivity index (χ2v) is 18.6. The average molecular weight is 726 g/mol. The van der Waals surface area contributed by atoms with Gasteiger partial charge < -0.3 is 30.7 Å². The van der Waals surface area contributed by atoms with Crippen LogP contribution in [0, 0.1) is 17.3 Å². The van der Waals surface area contributed by atoms with Crippen molar-refractivity contribution in [3.63, 3.8) is 0 Å². The van der Waals surface area contributed by atoms with Crippen molar-refractivity contribution >= 4 is 52.0 Å². The number of amides is 4. The number of anilines is 1. The molecule has 2 aromatic rings. The minimum absolute atomic E-state index is 0. The highest BCUT2D eigenvalue weighted by molar-refractivity contribution is 7.80. The summed E-state index contributed by atoms with van der Waals surface area (Å²) >= 11 is 1.23. The number of phenols is 1. The van der Waals surface area contributed by atoms with Crippen molar-refractivity contribution in [3.8, 4) is 5.75 Å². The number of carbonyl (C=O) groups is 4. The number of piperazine rings is 1. The number of hydrogen-bond donors (Lipinski definition) is 3. The maximum absolute atomic E-state index is 13.1. The Morgan fingerprint density at radius 3 is 2.18 bits per heavy atom. The first-order valence-corrected chi connectivity index (χ1v) is 19.4. The normalized spacial score (nSPS) is 19.9. The van der Waals surface area contributed by atoms with Crippen LogP contribution >= 0.6 is 0 Å². The predicted molar refractivity (Wildman–Crippen MR) is 203 cm³/mol. The van der Waals surface area contributed by atoms with Crippen molar-refractivity contribution in [2.24, 2.45) is 17.3 Å². The Balaban J connectivity index is 0.00000583. The van der Waals surface area contributed by atoms with E-state index < -0.39 is 0 Å². The fraction of sp³-hybridized carbons (Fsp3) is 0.641. The van der Waals surface area contributed by atoms with Crippen molar-refractivity contribution in [1.82, 2.24) is 20.1 Å². The molecule has 0 bridgehead atoms. The minimum Gasteiger partial charge on any atom is -0.870 e. The van der Waals surface area contributed by atoms with Gasteiger partial charge >= 0.3 is 0 Å². The number of H-pyrrole nitrogens is 1. The number of unbranched alkanes of at least 4 members (excludes halogenated alkanes) is 2. The second kappa shape index (κ2) is 16.9. The van der Waals surface area contributed by atoms with Crippen molar-refractivity contribution in [1.29, 1.82) is 0 Å². The zero-order valence-corrected chi connectivity index (χ0v) is 32.3. The topological polar surface area (TPSA) is 156 Å². The third-order valence-electron chi connectivity index (χ3n) is 10.0. The molecule has 1 aliphatic carbocycles. The lowest BCUT2D eigenvalue weighted by Gasteiger charge is -2.36. The van der Waals surface area contributed by atoms with E-state index in [-0.39, 0.29) is 56.9 Å². The smallest absolute Gasteiger partial charge is 0.253 e. The van der Waals surface area contributed by atoms with Gasteiger partial charge in [0.15, 0.2) is 0 Å². The SMILES string of the molecule is CC(C)(C)Cc1c([SH+]C(C)(C)C)[nH]c2c(N3CCN(C(=O)CCCCCNC(=O)C4CCC(CN5C(=O)C=CC5=O)CC4)CC3)c(O)ccc12.[OH-]. The lowest BCUT2D eigenvalue weighted by atomic mass is 9.81. The minimum atomic E-state index is -0.239. The van der Waals surface area contributed by atoms with Crippen molar-refractivity contribution in [2.75, 3.05) is 44.2 Å². The van der Waals surface area contributed by atoms with Crippen LogP contribution in [0.25, 0.3) is 10.9 Å². The van der Waals surface area contributed by atoms with Gasteiger partial charge in [-0.3, -0.25) is 24.1 Å². The van der Waals surface area contributed by atoms with Gasteiger partial charge in [0.05, 0.1) is 5.52 Å². The lowest BCUT2D eigenvalue weighted by Crippen LogP contribution is -2.48. The highest BCUT2D eigenvalue weighted by Crippen LogP contribution is 2.41. The Kier molecular flexibility index (Phi) is 13.3. The molecule has 0 atom stereocenters. The summed E-state index contributed by atoms with van der Waals surface area (Å²) < 4.78 is 0.0937. The molecule has 2 fully saturated rings. The molecule has 1 saturated heterocycles. The molecule has 4 N–H and O–H groups in total. The molecule has 1 saturated carbocycles. The van der Waals surface area contributed by atoms with Crippen LogP contribution in [0.1, 0.15) is 98.5 Å². The van der Waals surface area contributed by atoms with E-state index in [1.165, 1.54) is 44.8 Å². The maximum atomic E-state index is 13.1. The molecular formula is C39H59N5O6S. The number of nitrogens with zero attached hydrogens (tertiary/aromatic N) is 3. The summed E-state index contributed by atoms with van der Waals surface area (Å²) in [5.74, 6) is 0.282. The van der Waals surface area contributed by atoms with Crippen molar-refractivity contribution in [2.45, 2.75) is 109 Å². The molecule has 5 rings (SSSR count). The number of aromatic nitrogens is 1. The van der Waals surface area contributed by atoms with E-state index in [1.54, 1.807) is 0 Å². The number of carbonyl (C=O) groups excluding carboxylic acids is 4. The van der Waals surface area contributed by atoms with Crippen LogP contribution in [-0.2, 0) is 37.4 Å². The van der Waals surface area contributed by atoms with Crippen LogP contribution in [-0.4, -0.2) is 93.0 Å². The third kappa shape index (κ3) is 10.5. The van der Waals surface area contributed by atoms with Crippen LogP contribution in [0.15, 0.2) is 29.3 Å². The molecule has 3 aliphatic rings. The Labute approximate surface area is 307 Å². The van der Waals surface area contributed by atoms with E-state index in [1.807, 2.05) is 17.0 Å². The number of aromatic hydroxyl groups is 1. The average Bonchev–Trinajstić information content (AvgIpc) is 3.54. The van der Waals surface area contributed by atoms with E-state index in [0.29, 0.717) is 45.7 Å². The number of thiol groups is 1. The van der Waals surface area contributed by atoms with E-state index in [9.17, 15) is 24.3 Å². The Morgan fingerprint density at radius 1 is 0.922 bits per heavy atom. The summed E-state index contributed by atoms with van der Waals surface area (Å²) in [5.41, 5.74) is 3.27. The number of benzene rings is 1. The standard InChI is InChI=1S/C39H57N5O5S.H2O/c1-38(2,3)24-29-28-15-16-30(45)35(34(28)41-37(29)50-39(4,5)6)43-22-20-42(21-23-43)31(46)10-8-7-9-19-40-36(49)27-13-11-26(12-14-27)25-44-32(47)17-18-33(44)48;/h15-18,26-27,41,45H,7-14,19-25H2,1-6H3,(H,40,49);1H2. The molecule has 12 heteroatoms. The fourth-order valence-corrected chi connectivity index (χ4v) is 8.66. The monoisotopic (exact) mass is 725 g/mol. The van der Waals surface area contributed by atoms with Crippen LogP contribution in [0.3, 0.4) is 0 Å². The maximum Gasteiger partial charge on any atom is 0.253 e. The summed E-state index contributed by atoms with van der Waals surface area (Å²) in [6.45, 7) is 17.1. The highest BCUT2D eigenvalue weighted by atomic mass is 32.2. The van der Waals surface area contributed by atoms with E-state index in [2.05, 4.69) is 56.7 Å². The predicted octanol–water partition coefficient (Wildman–Crippen LogP) is 5.31. The highest BCUT2D eigenvalue weighted by Gasteiger charge is 2.33. The molecule has 3 heterocycles. The number of fused-ring (bicyclic) bond motifs is 1. The van der Waals surface area contributed by atoms with E-state index >= 15 is 0 Å². The van der Waals surface area contributed by atoms with Gasteiger partial charge in [-0.1, -0.05) is 27.2 Å². The number of phenolic OH excluding ortho intramolecular Hbond substituents is 1. The Bertz CT molecular complexity index is 1570. The number of hydrogen-bond acceptors (Lipinski definition) is 7. The molecule has 0 unspecified atom stereocenters. The molecule has 1 aromatic carbocycles. The van der Waals surface area contributed by atoms with Gasteiger partial charge in [-0.25, -0.2) is 0 Å². The molecule has 51 heavy (non-hydrogen) atoms. The molecular weight excluding hydrogens is 667 g/mol. The van der Waals surface area contributed by atoms with Gasteiger partial charge in [-0.2, -0.15) is 0 Å². The van der Waals surface area contributed by atoms with Crippen LogP contribution in [0.4, 0.5) is 5.69 Å². The van der Waals surface area contributed by atoms with Gasteiger partial charge in [0, 0.05) is 86.5 Å². The third-order valence-corrected chi connectivity index (χ3v) is 11.3. The summed E-state index contributed by atoms with van der Waals surface area (Å²) in [6, 6.07) is 3.87. The molecule has 1 aromatic heterocycles. The van der Waals surface area contributed by atoms with Gasteiger partial charge in [0.25, 0.3) is 11.8 Å². The molecule has 282 valence electrons. The molecule has 0 radical (unpaired) electrons. The van der Waals surface area contributed by atoms with E-state index in [0.717, 1.165) is 62.6 Å². The lowest BCUT2D eigenvalue weighted by molar-refractivity contribution is -0.138. The molecule has 11 nitrogen and oxygen atoms in total. The zero-order chi connectivity index (χ0) is 36.2. The van der Waals surface area contributed by atoms with Crippen molar-refractivity contribution < 1.29 is 29.8 Å². The molecule has 2 aliphatic heterocycles. The van der Waals surface area contributed by atoms with Crippen LogP contribution < -0.4 is 10.2 Å². The summed E-state index contributed by atoms with van der Waals surface area (Å²) in [5, 5.41) is 16.5. The second-order valence-electron chi connectivity index (χ2n) is 16.6. The summed E-state index contributed by atoms with van der Waals surface area (Å²) in [4.78, 5) is 58.7. The zero-order valence-electron chi connectivity index (χ0n) is 31.4. The van der Waals surface area contributed by atoms with Gasteiger partial charge in [-0.05, 0) is 89.2 Å². The first-order chi connectivity index (χ1) is 23.6. The van der Waals surface area contributed by atoms with Gasteiger partial charge in [-0.15, -0.1) is 0 Å². The van der Waals surface area contributed by atoms with Gasteiger partial charge in [0.2, 0.25) is 16.8 Å². The number of nitrogens with one attached hydrogen (secondary N) is 2. The van der Waals surface area contributed by atoms with Crippen LogP contribution in [0.5, 0.6) is 5.75 Å². The number of rotatable bonds is 12. The molecule has 0 spiro atoms. The quantitative estimate of drug-likeness (QED) is 0.116. The van der Waals surface area contributed by atoms with Gasteiger partial charge in [0.1, 0.15) is 16.2 Å². The Hall–Kier alpha value is -3.51. The van der Waals surface area contributed by atoms with Crippen molar-refractivity contribution in [3.05, 3.63) is 29.8 Å². The number of imide groups is 1. The Morgan fingerprint density at radius 2 is 1.57 bits per heavy atom. The largest absolute Gasteiger partial charge is 0.870 e. The summed E-state index contributed by atoms with van der Waals surface area (Å²) in [7, 11) is 0. The summed E-state index contributed by atoms with van der Waals surface area (Å²) in [6.07, 6.45) is 9.81. The first-order valence-electron chi connectivity index (χ1n) is 18.5. The van der Waals surface area contributed by atoms with Crippen LogP contribution in [0.2, 0.25) is 0 Å².